The van der Waals surface area contributed by atoms with Gasteiger partial charge in [0.2, 0.25) is 5.91 Å². The molecule has 0 saturated carbocycles. The zero-order chi connectivity index (χ0) is 19.6. The Balaban J connectivity index is 1.62. The van der Waals surface area contributed by atoms with Crippen LogP contribution in [-0.2, 0) is 24.1 Å². The van der Waals surface area contributed by atoms with Crippen molar-refractivity contribution in [2.75, 3.05) is 5.32 Å². The second-order valence-corrected chi connectivity index (χ2v) is 6.79. The van der Waals surface area contributed by atoms with Gasteiger partial charge in [0.25, 0.3) is 0 Å². The highest BCUT2D eigenvalue weighted by molar-refractivity contribution is 9.10. The number of carbonyl (C=O) groups is 1. The third kappa shape index (κ3) is 4.97. The SMILES string of the molecule is Cc1nn(CC(=O)Nc2cnn(Cc3cccc(C(F)(F)F)c3)c2)cc1Br. The number of carbonyl (C=O) groups excluding carboxylic acids is 1. The van der Waals surface area contributed by atoms with E-state index in [-0.39, 0.29) is 19.0 Å². The van der Waals surface area contributed by atoms with E-state index < -0.39 is 11.7 Å². The average Bonchev–Trinajstić information content (AvgIpc) is 3.13. The smallest absolute Gasteiger partial charge is 0.322 e. The van der Waals surface area contributed by atoms with Crippen molar-refractivity contribution in [3.05, 3.63) is 64.1 Å². The maximum absolute atomic E-state index is 12.8. The third-order valence-electron chi connectivity index (χ3n) is 3.71. The monoisotopic (exact) mass is 441 g/mol. The summed E-state index contributed by atoms with van der Waals surface area (Å²) in [6.45, 7) is 2.01. The molecule has 3 rings (SSSR count). The Hall–Kier alpha value is -2.62. The fourth-order valence-corrected chi connectivity index (χ4v) is 2.79. The number of anilines is 1. The predicted molar refractivity (Wildman–Crippen MR) is 96.1 cm³/mol. The molecule has 0 spiro atoms. The first-order chi connectivity index (χ1) is 12.7. The molecule has 3 aromatic rings. The van der Waals surface area contributed by atoms with Gasteiger partial charge < -0.3 is 5.32 Å². The summed E-state index contributed by atoms with van der Waals surface area (Å²) in [5.74, 6) is -0.288. The second kappa shape index (κ2) is 7.55. The van der Waals surface area contributed by atoms with Crippen molar-refractivity contribution in [3.8, 4) is 0 Å². The second-order valence-electron chi connectivity index (χ2n) is 5.93. The van der Waals surface area contributed by atoms with E-state index in [0.717, 1.165) is 22.3 Å². The minimum absolute atomic E-state index is 0.0330. The maximum atomic E-state index is 12.8. The molecule has 142 valence electrons. The number of aryl methyl sites for hydroxylation is 1. The normalized spacial score (nSPS) is 11.6. The van der Waals surface area contributed by atoms with E-state index in [0.29, 0.717) is 11.3 Å². The van der Waals surface area contributed by atoms with Crippen LogP contribution in [0.2, 0.25) is 0 Å². The summed E-state index contributed by atoms with van der Waals surface area (Å²) in [5.41, 5.74) is 0.982. The lowest BCUT2D eigenvalue weighted by molar-refractivity contribution is -0.137. The summed E-state index contributed by atoms with van der Waals surface area (Å²) in [6, 6.07) is 5.05. The molecule has 27 heavy (non-hydrogen) atoms. The van der Waals surface area contributed by atoms with Crippen LogP contribution in [0.3, 0.4) is 0 Å². The Labute approximate surface area is 161 Å². The van der Waals surface area contributed by atoms with Gasteiger partial charge in [-0.2, -0.15) is 23.4 Å². The lowest BCUT2D eigenvalue weighted by Crippen LogP contribution is -2.18. The van der Waals surface area contributed by atoms with Gasteiger partial charge in [0.05, 0.1) is 34.2 Å². The van der Waals surface area contributed by atoms with Crippen LogP contribution in [0.4, 0.5) is 18.9 Å². The van der Waals surface area contributed by atoms with Gasteiger partial charge in [0, 0.05) is 12.4 Å². The number of rotatable bonds is 5. The van der Waals surface area contributed by atoms with E-state index in [9.17, 15) is 18.0 Å². The third-order valence-corrected chi connectivity index (χ3v) is 4.49. The van der Waals surface area contributed by atoms with Gasteiger partial charge in [0.15, 0.2) is 0 Å². The summed E-state index contributed by atoms with van der Waals surface area (Å²) in [4.78, 5) is 12.1. The van der Waals surface area contributed by atoms with E-state index in [2.05, 4.69) is 31.4 Å². The van der Waals surface area contributed by atoms with Crippen molar-refractivity contribution < 1.29 is 18.0 Å². The number of halogens is 4. The number of aromatic nitrogens is 4. The molecule has 6 nitrogen and oxygen atoms in total. The van der Waals surface area contributed by atoms with Crippen molar-refractivity contribution >= 4 is 27.5 Å². The summed E-state index contributed by atoms with van der Waals surface area (Å²) in [6.07, 6.45) is 0.309. The van der Waals surface area contributed by atoms with E-state index in [4.69, 9.17) is 0 Å². The van der Waals surface area contributed by atoms with E-state index in [1.54, 1.807) is 18.5 Å². The first-order valence-electron chi connectivity index (χ1n) is 7.89. The lowest BCUT2D eigenvalue weighted by atomic mass is 10.1. The fraction of sp³-hybridized carbons (Fsp3) is 0.235. The summed E-state index contributed by atoms with van der Waals surface area (Å²) in [5, 5.41) is 10.9. The predicted octanol–water partition coefficient (Wildman–Crippen LogP) is 3.86. The van der Waals surface area contributed by atoms with Gasteiger partial charge in [0.1, 0.15) is 6.54 Å². The molecule has 2 aromatic heterocycles. The number of hydrogen-bond acceptors (Lipinski definition) is 3. The van der Waals surface area contributed by atoms with Crippen molar-refractivity contribution in [2.24, 2.45) is 0 Å². The number of amides is 1. The van der Waals surface area contributed by atoms with Crippen LogP contribution < -0.4 is 5.32 Å². The first-order valence-corrected chi connectivity index (χ1v) is 8.68. The Morgan fingerprint density at radius 2 is 2.04 bits per heavy atom. The molecule has 0 bridgehead atoms. The Bertz CT molecular complexity index is 944. The van der Waals surface area contributed by atoms with Crippen LogP contribution in [-0.4, -0.2) is 25.5 Å². The van der Waals surface area contributed by atoms with Gasteiger partial charge in [-0.15, -0.1) is 0 Å². The molecule has 1 amide bonds. The number of nitrogens with one attached hydrogen (secondary N) is 1. The number of alkyl halides is 3. The summed E-state index contributed by atoms with van der Waals surface area (Å²) in [7, 11) is 0. The largest absolute Gasteiger partial charge is 0.416 e. The van der Waals surface area contributed by atoms with Crippen LogP contribution in [0.25, 0.3) is 0 Å². The van der Waals surface area contributed by atoms with Crippen LogP contribution in [0, 0.1) is 6.92 Å². The van der Waals surface area contributed by atoms with Crippen LogP contribution in [0.1, 0.15) is 16.8 Å². The molecule has 0 saturated heterocycles. The first kappa shape index (κ1) is 19.2. The molecule has 0 aliphatic rings. The average molecular weight is 442 g/mol. The van der Waals surface area contributed by atoms with Gasteiger partial charge >= 0.3 is 6.18 Å². The van der Waals surface area contributed by atoms with Gasteiger partial charge in [-0.3, -0.25) is 14.2 Å². The number of nitrogens with zero attached hydrogens (tertiary/aromatic N) is 4. The number of benzene rings is 1. The lowest BCUT2D eigenvalue weighted by Gasteiger charge is -2.08. The Morgan fingerprint density at radius 1 is 1.26 bits per heavy atom. The molecule has 10 heteroatoms. The van der Waals surface area contributed by atoms with Crippen LogP contribution in [0.5, 0.6) is 0 Å². The van der Waals surface area contributed by atoms with Gasteiger partial charge in [-0.25, -0.2) is 0 Å². The summed E-state index contributed by atoms with van der Waals surface area (Å²) < 4.78 is 42.1. The quantitative estimate of drug-likeness (QED) is 0.653. The zero-order valence-electron chi connectivity index (χ0n) is 14.2. The summed E-state index contributed by atoms with van der Waals surface area (Å²) >= 11 is 3.33. The van der Waals surface area contributed by atoms with Gasteiger partial charge in [-0.05, 0) is 40.5 Å². The van der Waals surface area contributed by atoms with Crippen LogP contribution in [0.15, 0.2) is 47.3 Å². The van der Waals surface area contributed by atoms with Crippen molar-refractivity contribution in [1.82, 2.24) is 19.6 Å². The minimum atomic E-state index is -4.39. The topological polar surface area (TPSA) is 64.7 Å². The molecule has 0 aliphatic heterocycles. The standard InChI is InChI=1S/C17H15BrF3N5O/c1-11-15(18)9-26(24-11)10-16(27)23-14-6-22-25(8-14)7-12-3-2-4-13(5-12)17(19,20)21/h2-6,8-9H,7,10H2,1H3,(H,23,27). The molecule has 1 aromatic carbocycles. The number of hydrogen-bond donors (Lipinski definition) is 1. The molecular weight excluding hydrogens is 427 g/mol. The van der Waals surface area contributed by atoms with Crippen molar-refractivity contribution in [3.63, 3.8) is 0 Å². The zero-order valence-corrected chi connectivity index (χ0v) is 15.8. The van der Waals surface area contributed by atoms with Gasteiger partial charge in [-0.1, -0.05) is 12.1 Å². The molecular formula is C17H15BrF3N5O. The molecule has 0 radical (unpaired) electrons. The Morgan fingerprint density at radius 3 is 2.70 bits per heavy atom. The molecule has 1 N–H and O–H groups in total. The molecule has 0 unspecified atom stereocenters. The fourth-order valence-electron chi connectivity index (χ4n) is 2.47. The highest BCUT2D eigenvalue weighted by Gasteiger charge is 2.30. The molecule has 0 fully saturated rings. The van der Waals surface area contributed by atoms with Crippen LogP contribution >= 0.6 is 15.9 Å². The van der Waals surface area contributed by atoms with E-state index in [1.807, 2.05) is 6.92 Å². The molecule has 2 heterocycles. The molecule has 0 aliphatic carbocycles. The maximum Gasteiger partial charge on any atom is 0.416 e. The molecule has 0 atom stereocenters. The van der Waals surface area contributed by atoms with Crippen molar-refractivity contribution in [1.29, 1.82) is 0 Å². The highest BCUT2D eigenvalue weighted by atomic mass is 79.9. The minimum Gasteiger partial charge on any atom is -0.322 e. The van der Waals surface area contributed by atoms with Crippen molar-refractivity contribution in [2.45, 2.75) is 26.2 Å². The Kier molecular flexibility index (Phi) is 5.36. The van der Waals surface area contributed by atoms with E-state index >= 15 is 0 Å². The van der Waals surface area contributed by atoms with E-state index in [1.165, 1.54) is 21.6 Å². The highest BCUT2D eigenvalue weighted by Crippen LogP contribution is 2.29.